The first kappa shape index (κ1) is 14.5. The van der Waals surface area contributed by atoms with Crippen LogP contribution >= 0.6 is 27.3 Å². The van der Waals surface area contributed by atoms with E-state index in [1.807, 2.05) is 24.4 Å². The van der Waals surface area contributed by atoms with Crippen molar-refractivity contribution in [2.45, 2.75) is 20.1 Å². The van der Waals surface area contributed by atoms with Crippen LogP contribution < -0.4 is 10.1 Å². The molecule has 1 heterocycles. The third-order valence-electron chi connectivity index (χ3n) is 2.57. The lowest BCUT2D eigenvalue weighted by Crippen LogP contribution is -2.11. The lowest BCUT2D eigenvalue weighted by molar-refractivity contribution is 0.293. The summed E-state index contributed by atoms with van der Waals surface area (Å²) in [7, 11) is 0. The van der Waals surface area contributed by atoms with Crippen LogP contribution in [0.2, 0.25) is 0 Å². The van der Waals surface area contributed by atoms with E-state index in [0.29, 0.717) is 18.9 Å². The summed E-state index contributed by atoms with van der Waals surface area (Å²) in [6, 6.07) is 7.06. The summed E-state index contributed by atoms with van der Waals surface area (Å²) >= 11 is 4.96. The predicted molar refractivity (Wildman–Crippen MR) is 80.1 cm³/mol. The van der Waals surface area contributed by atoms with Crippen LogP contribution in [0.25, 0.3) is 0 Å². The molecule has 0 spiro atoms. The highest BCUT2D eigenvalue weighted by atomic mass is 79.9. The Kier molecular flexibility index (Phi) is 5.36. The van der Waals surface area contributed by atoms with Crippen molar-refractivity contribution in [3.8, 4) is 5.75 Å². The zero-order valence-electron chi connectivity index (χ0n) is 10.6. The van der Waals surface area contributed by atoms with E-state index >= 15 is 0 Å². The van der Waals surface area contributed by atoms with Gasteiger partial charge < -0.3 is 10.1 Å². The minimum Gasteiger partial charge on any atom is -0.485 e. The molecule has 2 rings (SSSR count). The van der Waals surface area contributed by atoms with Crippen LogP contribution in [0.15, 0.2) is 34.1 Å². The highest BCUT2D eigenvalue weighted by Crippen LogP contribution is 2.23. The zero-order chi connectivity index (χ0) is 13.7. The van der Waals surface area contributed by atoms with Gasteiger partial charge in [0.25, 0.3) is 0 Å². The fourth-order valence-electron chi connectivity index (χ4n) is 1.62. The summed E-state index contributed by atoms with van der Waals surface area (Å²) < 4.78 is 20.3. The predicted octanol–water partition coefficient (Wildman–Crippen LogP) is 4.34. The van der Waals surface area contributed by atoms with Crippen LogP contribution in [0.3, 0.4) is 0 Å². The molecule has 5 heteroatoms. The molecule has 1 aromatic heterocycles. The summed E-state index contributed by atoms with van der Waals surface area (Å²) in [5.41, 5.74) is 0.922. The number of halogens is 2. The van der Waals surface area contributed by atoms with E-state index in [0.717, 1.165) is 21.5 Å². The van der Waals surface area contributed by atoms with Gasteiger partial charge in [-0.1, -0.05) is 13.0 Å². The van der Waals surface area contributed by atoms with E-state index in [9.17, 15) is 4.39 Å². The molecule has 2 aromatic rings. The lowest BCUT2D eigenvalue weighted by atomic mass is 10.2. The number of rotatable bonds is 6. The molecule has 1 N–H and O–H groups in total. The van der Waals surface area contributed by atoms with Crippen LogP contribution in [0.4, 0.5) is 4.39 Å². The van der Waals surface area contributed by atoms with Gasteiger partial charge in [0.15, 0.2) is 11.6 Å². The molecule has 0 saturated heterocycles. The van der Waals surface area contributed by atoms with Crippen molar-refractivity contribution in [2.24, 2.45) is 0 Å². The number of benzene rings is 1. The number of nitrogens with one attached hydrogen (secondary N) is 1. The maximum absolute atomic E-state index is 13.8. The molecule has 0 saturated carbocycles. The van der Waals surface area contributed by atoms with Gasteiger partial charge in [0, 0.05) is 21.3 Å². The van der Waals surface area contributed by atoms with Crippen LogP contribution in [0.1, 0.15) is 17.4 Å². The van der Waals surface area contributed by atoms with E-state index in [1.165, 1.54) is 6.07 Å². The molecular weight excluding hydrogens is 329 g/mol. The Bertz CT molecular complexity index is 544. The van der Waals surface area contributed by atoms with Crippen LogP contribution in [0, 0.1) is 5.82 Å². The maximum Gasteiger partial charge on any atom is 0.165 e. The largest absolute Gasteiger partial charge is 0.485 e. The fourth-order valence-corrected chi connectivity index (χ4v) is 2.98. The standard InChI is InChI=1S/C14H15BrFNOS/c1-2-17-7-10-3-4-14(13(16)5-10)18-8-12-6-11(15)9-19-12/h3-6,9,17H,2,7-8H2,1H3. The Morgan fingerprint density at radius 2 is 2.21 bits per heavy atom. The van der Waals surface area contributed by atoms with E-state index < -0.39 is 0 Å². The van der Waals surface area contributed by atoms with Gasteiger partial charge in [-0.3, -0.25) is 0 Å². The van der Waals surface area contributed by atoms with Gasteiger partial charge >= 0.3 is 0 Å². The van der Waals surface area contributed by atoms with Crippen LogP contribution in [0.5, 0.6) is 5.75 Å². The smallest absolute Gasteiger partial charge is 0.165 e. The number of hydrogen-bond acceptors (Lipinski definition) is 3. The first-order chi connectivity index (χ1) is 9.19. The van der Waals surface area contributed by atoms with Crippen LogP contribution in [-0.4, -0.2) is 6.54 Å². The topological polar surface area (TPSA) is 21.3 Å². The van der Waals surface area contributed by atoms with Crippen LogP contribution in [-0.2, 0) is 13.2 Å². The highest BCUT2D eigenvalue weighted by Gasteiger charge is 2.06. The summed E-state index contributed by atoms with van der Waals surface area (Å²) in [5, 5.41) is 5.14. The summed E-state index contributed by atoms with van der Waals surface area (Å²) in [4.78, 5) is 1.06. The van der Waals surface area contributed by atoms with Crippen molar-refractivity contribution in [3.05, 3.63) is 50.4 Å². The molecule has 0 aliphatic heterocycles. The number of thiophene rings is 1. The molecule has 1 aromatic carbocycles. The second-order valence-electron chi connectivity index (χ2n) is 4.07. The second kappa shape index (κ2) is 7.03. The Morgan fingerprint density at radius 1 is 1.37 bits per heavy atom. The van der Waals surface area contributed by atoms with Crippen molar-refractivity contribution >= 4 is 27.3 Å². The lowest BCUT2D eigenvalue weighted by Gasteiger charge is -2.08. The third-order valence-corrected chi connectivity index (χ3v) is 4.24. The summed E-state index contributed by atoms with van der Waals surface area (Å²) in [5.74, 6) is -0.0178. The van der Waals surface area contributed by atoms with Gasteiger partial charge in [0.05, 0.1) is 0 Å². The van der Waals surface area contributed by atoms with Gasteiger partial charge in [-0.05, 0) is 46.2 Å². The quantitative estimate of drug-likeness (QED) is 0.842. The molecule has 19 heavy (non-hydrogen) atoms. The Labute approximate surface area is 124 Å². The first-order valence-corrected chi connectivity index (χ1v) is 7.71. The van der Waals surface area contributed by atoms with Gasteiger partial charge in [0.2, 0.25) is 0 Å². The first-order valence-electron chi connectivity index (χ1n) is 6.04. The molecule has 2 nitrogen and oxygen atoms in total. The van der Waals surface area contributed by atoms with E-state index in [4.69, 9.17) is 4.74 Å². The average molecular weight is 344 g/mol. The van der Waals surface area contributed by atoms with Crippen molar-refractivity contribution in [2.75, 3.05) is 6.54 Å². The number of ether oxygens (including phenoxy) is 1. The van der Waals surface area contributed by atoms with E-state index in [2.05, 4.69) is 21.2 Å². The molecule has 0 aliphatic carbocycles. The fraction of sp³-hybridized carbons (Fsp3) is 0.286. The molecule has 0 radical (unpaired) electrons. The maximum atomic E-state index is 13.8. The molecule has 102 valence electrons. The second-order valence-corrected chi connectivity index (χ2v) is 5.98. The monoisotopic (exact) mass is 343 g/mol. The summed E-state index contributed by atoms with van der Waals surface area (Å²) in [6.45, 7) is 3.95. The zero-order valence-corrected chi connectivity index (χ0v) is 13.0. The SMILES string of the molecule is CCNCc1ccc(OCc2cc(Br)cs2)c(F)c1. The molecule has 0 amide bonds. The van der Waals surface area contributed by atoms with Gasteiger partial charge in [-0.25, -0.2) is 4.39 Å². The van der Waals surface area contributed by atoms with Crippen molar-refractivity contribution in [3.63, 3.8) is 0 Å². The highest BCUT2D eigenvalue weighted by molar-refractivity contribution is 9.10. The molecular formula is C14H15BrFNOS. The summed E-state index contributed by atoms with van der Waals surface area (Å²) in [6.07, 6.45) is 0. The van der Waals surface area contributed by atoms with Crippen molar-refractivity contribution in [1.82, 2.24) is 5.32 Å². The molecule has 0 fully saturated rings. The Hall–Kier alpha value is -0.910. The van der Waals surface area contributed by atoms with Gasteiger partial charge in [-0.2, -0.15) is 0 Å². The van der Waals surface area contributed by atoms with E-state index in [-0.39, 0.29) is 5.82 Å². The van der Waals surface area contributed by atoms with Gasteiger partial charge in [-0.15, -0.1) is 11.3 Å². The molecule has 0 unspecified atom stereocenters. The third kappa shape index (κ3) is 4.30. The molecule has 0 atom stereocenters. The molecule has 0 bridgehead atoms. The van der Waals surface area contributed by atoms with E-state index in [1.54, 1.807) is 17.4 Å². The average Bonchev–Trinajstić information content (AvgIpc) is 2.81. The molecule has 0 aliphatic rings. The minimum absolute atomic E-state index is 0.296. The Morgan fingerprint density at radius 3 is 2.84 bits per heavy atom. The number of hydrogen-bond donors (Lipinski definition) is 1. The van der Waals surface area contributed by atoms with Crippen molar-refractivity contribution < 1.29 is 9.13 Å². The minimum atomic E-state index is -0.314. The normalized spacial score (nSPS) is 10.7. The van der Waals surface area contributed by atoms with Gasteiger partial charge in [0.1, 0.15) is 6.61 Å². The Balaban J connectivity index is 1.96. The van der Waals surface area contributed by atoms with Crippen molar-refractivity contribution in [1.29, 1.82) is 0 Å².